The summed E-state index contributed by atoms with van der Waals surface area (Å²) in [6.45, 7) is 0.721. The smallest absolute Gasteiger partial charge is 0.410 e. The number of rotatable bonds is 4. The second-order valence-corrected chi connectivity index (χ2v) is 7.53. The molecule has 1 heterocycles. The van der Waals surface area contributed by atoms with Crippen molar-refractivity contribution in [3.8, 4) is 0 Å². The highest BCUT2D eigenvalue weighted by Crippen LogP contribution is 2.21. The van der Waals surface area contributed by atoms with Gasteiger partial charge in [0.2, 0.25) is 0 Å². The lowest BCUT2D eigenvalue weighted by atomic mass is 10.1. The number of halogens is 2. The highest BCUT2D eigenvalue weighted by Gasteiger charge is 2.28. The van der Waals surface area contributed by atoms with Crippen molar-refractivity contribution >= 4 is 41.0 Å². The molecule has 3 rings (SSSR count). The molecule has 2 aromatic rings. The van der Waals surface area contributed by atoms with Gasteiger partial charge < -0.3 is 15.0 Å². The van der Waals surface area contributed by atoms with Crippen LogP contribution in [0.4, 0.5) is 4.79 Å². The Morgan fingerprint density at radius 3 is 2.59 bits per heavy atom. The van der Waals surface area contributed by atoms with E-state index in [1.54, 1.807) is 6.07 Å². The number of nitrogens with one attached hydrogen (secondary N) is 1. The van der Waals surface area contributed by atoms with Crippen LogP contribution < -0.4 is 5.32 Å². The summed E-state index contributed by atoms with van der Waals surface area (Å²) in [6.07, 6.45) is -0.0370. The maximum atomic E-state index is 12.5. The predicted molar refractivity (Wildman–Crippen MR) is 110 cm³/mol. The molecule has 0 saturated carbocycles. The van der Waals surface area contributed by atoms with Crippen LogP contribution in [0.5, 0.6) is 0 Å². The Bertz CT molecular complexity index is 905. The summed E-state index contributed by atoms with van der Waals surface area (Å²) in [5.74, 6) is -0.591. The highest BCUT2D eigenvalue weighted by atomic mass is 35.5. The van der Waals surface area contributed by atoms with Crippen molar-refractivity contribution in [3.63, 3.8) is 0 Å². The summed E-state index contributed by atoms with van der Waals surface area (Å²) in [5, 5.41) is 3.34. The van der Waals surface area contributed by atoms with Gasteiger partial charge in [0.05, 0.1) is 16.6 Å². The molecule has 152 valence electrons. The van der Waals surface area contributed by atoms with E-state index in [0.29, 0.717) is 18.0 Å². The third-order valence-electron chi connectivity index (χ3n) is 4.65. The number of ether oxygens (including phenoxy) is 1. The second kappa shape index (κ2) is 9.76. The lowest BCUT2D eigenvalue weighted by Gasteiger charge is -2.20. The number of hydrogen-bond acceptors (Lipinski definition) is 4. The minimum absolute atomic E-state index is 0.137. The normalized spacial score (nSPS) is 16.8. The van der Waals surface area contributed by atoms with Gasteiger partial charge in [0.1, 0.15) is 6.61 Å². The van der Waals surface area contributed by atoms with Gasteiger partial charge in [0, 0.05) is 24.5 Å². The van der Waals surface area contributed by atoms with Crippen molar-refractivity contribution in [2.75, 3.05) is 13.1 Å². The molecule has 0 bridgehead atoms. The molecule has 8 heteroatoms. The molecule has 0 spiro atoms. The van der Waals surface area contributed by atoms with Gasteiger partial charge in [-0.05, 0) is 30.2 Å². The van der Waals surface area contributed by atoms with E-state index < -0.39 is 18.0 Å². The van der Waals surface area contributed by atoms with E-state index in [-0.39, 0.29) is 35.9 Å². The van der Waals surface area contributed by atoms with Crippen molar-refractivity contribution in [2.45, 2.75) is 25.5 Å². The van der Waals surface area contributed by atoms with E-state index in [2.05, 4.69) is 5.32 Å². The van der Waals surface area contributed by atoms with E-state index in [0.717, 1.165) is 5.56 Å². The zero-order chi connectivity index (χ0) is 20.8. The maximum absolute atomic E-state index is 12.5. The molecule has 2 aromatic carbocycles. The Balaban J connectivity index is 1.56. The summed E-state index contributed by atoms with van der Waals surface area (Å²) in [5.41, 5.74) is 1.13. The quantitative estimate of drug-likeness (QED) is 0.785. The molecule has 1 fully saturated rings. The molecule has 1 atom stereocenters. The largest absolute Gasteiger partial charge is 0.445 e. The van der Waals surface area contributed by atoms with E-state index in [1.165, 1.54) is 17.0 Å². The Hall–Kier alpha value is -2.57. The van der Waals surface area contributed by atoms with Crippen LogP contribution in [0.15, 0.2) is 48.5 Å². The predicted octanol–water partition coefficient (Wildman–Crippen LogP) is 4.09. The van der Waals surface area contributed by atoms with E-state index in [1.807, 2.05) is 30.3 Å². The fourth-order valence-corrected chi connectivity index (χ4v) is 3.53. The van der Waals surface area contributed by atoms with Crippen molar-refractivity contribution in [3.05, 3.63) is 69.7 Å². The molecule has 2 amide bonds. The number of ketones is 1. The van der Waals surface area contributed by atoms with Gasteiger partial charge in [-0.15, -0.1) is 0 Å². The van der Waals surface area contributed by atoms with Crippen molar-refractivity contribution in [1.29, 1.82) is 0 Å². The topological polar surface area (TPSA) is 75.7 Å². The lowest BCUT2D eigenvalue weighted by Crippen LogP contribution is -2.41. The second-order valence-electron chi connectivity index (χ2n) is 6.68. The van der Waals surface area contributed by atoms with Crippen LogP contribution in [-0.2, 0) is 16.1 Å². The molecule has 1 saturated heterocycles. The molecule has 0 radical (unpaired) electrons. The molecule has 1 aliphatic heterocycles. The molecule has 29 heavy (non-hydrogen) atoms. The molecule has 0 aliphatic carbocycles. The number of hydrogen-bond donors (Lipinski definition) is 1. The van der Waals surface area contributed by atoms with Gasteiger partial charge >= 0.3 is 6.09 Å². The van der Waals surface area contributed by atoms with Gasteiger partial charge in [-0.25, -0.2) is 4.79 Å². The monoisotopic (exact) mass is 434 g/mol. The average Bonchev–Trinajstić information content (AvgIpc) is 2.89. The molecular weight excluding hydrogens is 415 g/mol. The van der Waals surface area contributed by atoms with Crippen LogP contribution in [-0.4, -0.2) is 41.8 Å². The first-order chi connectivity index (χ1) is 13.9. The Morgan fingerprint density at radius 2 is 1.86 bits per heavy atom. The van der Waals surface area contributed by atoms with Gasteiger partial charge in [0.15, 0.2) is 5.78 Å². The first-order valence-corrected chi connectivity index (χ1v) is 9.94. The maximum Gasteiger partial charge on any atom is 0.410 e. The first-order valence-electron chi connectivity index (χ1n) is 9.18. The minimum atomic E-state index is -0.693. The minimum Gasteiger partial charge on any atom is -0.445 e. The van der Waals surface area contributed by atoms with Gasteiger partial charge in [-0.2, -0.15) is 0 Å². The summed E-state index contributed by atoms with van der Waals surface area (Å²) < 4.78 is 5.33. The number of carbonyl (C=O) groups excluding carboxylic acids is 3. The van der Waals surface area contributed by atoms with E-state index in [9.17, 15) is 14.4 Å². The van der Waals surface area contributed by atoms with Crippen molar-refractivity contribution in [1.82, 2.24) is 10.2 Å². The number of Topliss-reactive ketones (excluding diaryl/α,β-unsaturated/α-hetero) is 1. The molecule has 1 aliphatic rings. The van der Waals surface area contributed by atoms with Crippen LogP contribution in [0.3, 0.4) is 0 Å². The number of amides is 2. The lowest BCUT2D eigenvalue weighted by molar-refractivity contribution is -0.120. The van der Waals surface area contributed by atoms with Crippen molar-refractivity contribution < 1.29 is 19.1 Å². The number of likely N-dealkylation sites (tertiary alicyclic amines) is 1. The Morgan fingerprint density at radius 1 is 1.10 bits per heavy atom. The summed E-state index contributed by atoms with van der Waals surface area (Å²) in [7, 11) is 0. The van der Waals surface area contributed by atoms with Gasteiger partial charge in [0.25, 0.3) is 5.91 Å². The molecule has 1 unspecified atom stereocenters. The first kappa shape index (κ1) is 21.1. The fraction of sp³-hybridized carbons (Fsp3) is 0.286. The zero-order valence-corrected chi connectivity index (χ0v) is 17.1. The molecule has 1 N–H and O–H groups in total. The van der Waals surface area contributed by atoms with E-state index in [4.69, 9.17) is 27.9 Å². The van der Waals surface area contributed by atoms with Gasteiger partial charge in [-0.3, -0.25) is 9.59 Å². The third-order valence-corrected chi connectivity index (χ3v) is 5.20. The SMILES string of the molecule is O=C(NC1CCN(C(=O)OCc2ccccc2)CCC1=O)c1ccc(Cl)cc1Cl. The van der Waals surface area contributed by atoms with Crippen LogP contribution in [0.25, 0.3) is 0 Å². The average molecular weight is 435 g/mol. The summed E-state index contributed by atoms with van der Waals surface area (Å²) >= 11 is 11.9. The summed E-state index contributed by atoms with van der Waals surface area (Å²) in [4.78, 5) is 38.7. The summed E-state index contributed by atoms with van der Waals surface area (Å²) in [6, 6.07) is 13.2. The molecule has 6 nitrogen and oxygen atoms in total. The van der Waals surface area contributed by atoms with Crippen LogP contribution in [0.2, 0.25) is 10.0 Å². The van der Waals surface area contributed by atoms with Crippen LogP contribution >= 0.6 is 23.2 Å². The number of benzene rings is 2. The van der Waals surface area contributed by atoms with E-state index >= 15 is 0 Å². The molecule has 0 aromatic heterocycles. The van der Waals surface area contributed by atoms with Crippen LogP contribution in [0.1, 0.15) is 28.8 Å². The number of carbonyl (C=O) groups is 3. The standard InChI is InChI=1S/C21H20Cl2N2O4/c22-15-6-7-16(17(23)12-15)20(27)24-18-8-10-25(11-9-19(18)26)21(28)29-13-14-4-2-1-3-5-14/h1-7,12,18H,8-11,13H2,(H,24,27). The molecular formula is C21H20Cl2N2O4. The Kier molecular flexibility index (Phi) is 7.12. The highest BCUT2D eigenvalue weighted by molar-refractivity contribution is 6.36. The third kappa shape index (κ3) is 5.71. The fourth-order valence-electron chi connectivity index (χ4n) is 3.03. The van der Waals surface area contributed by atoms with Crippen LogP contribution in [0, 0.1) is 0 Å². The zero-order valence-electron chi connectivity index (χ0n) is 15.6. The van der Waals surface area contributed by atoms with Crippen molar-refractivity contribution in [2.24, 2.45) is 0 Å². The van der Waals surface area contributed by atoms with Gasteiger partial charge in [-0.1, -0.05) is 53.5 Å². The Labute approximate surface area is 178 Å². The number of nitrogens with zero attached hydrogens (tertiary/aromatic N) is 1.